The summed E-state index contributed by atoms with van der Waals surface area (Å²) in [5, 5.41) is 0.715. The molecular weight excluding hydrogens is 422 g/mol. The second-order valence-corrected chi connectivity index (χ2v) is 8.77. The molecule has 0 bridgehead atoms. The summed E-state index contributed by atoms with van der Waals surface area (Å²) < 4.78 is 0. The molecule has 4 rings (SSSR count). The maximum absolute atomic E-state index is 13.0. The third-order valence-electron chi connectivity index (χ3n) is 5.77. The van der Waals surface area contributed by atoms with Gasteiger partial charge in [0, 0.05) is 56.1 Å². The molecule has 0 saturated carbocycles. The van der Waals surface area contributed by atoms with Gasteiger partial charge in [-0.3, -0.25) is 19.7 Å². The van der Waals surface area contributed by atoms with E-state index in [1.54, 1.807) is 18.6 Å². The molecule has 0 radical (unpaired) electrons. The van der Waals surface area contributed by atoms with Gasteiger partial charge in [-0.15, -0.1) is 0 Å². The van der Waals surface area contributed by atoms with Crippen LogP contribution in [0.1, 0.15) is 47.8 Å². The van der Waals surface area contributed by atoms with Gasteiger partial charge >= 0.3 is 0 Å². The fraction of sp³-hybridized carbons (Fsp3) is 0.360. The van der Waals surface area contributed by atoms with E-state index in [2.05, 4.69) is 20.9 Å². The van der Waals surface area contributed by atoms with Gasteiger partial charge in [-0.1, -0.05) is 29.8 Å². The summed E-state index contributed by atoms with van der Waals surface area (Å²) in [5.41, 5.74) is 4.01. The smallest absolute Gasteiger partial charge is 0.224 e. The van der Waals surface area contributed by atoms with Crippen molar-refractivity contribution < 1.29 is 4.79 Å². The molecule has 0 spiro atoms. The van der Waals surface area contributed by atoms with Crippen LogP contribution in [0.2, 0.25) is 5.02 Å². The lowest BCUT2D eigenvalue weighted by Crippen LogP contribution is -2.33. The number of rotatable bonds is 8. The predicted molar refractivity (Wildman–Crippen MR) is 125 cm³/mol. The fourth-order valence-electron chi connectivity index (χ4n) is 4.21. The summed E-state index contributed by atoms with van der Waals surface area (Å²) >= 11 is 6.11. The van der Waals surface area contributed by atoms with Gasteiger partial charge in [0.25, 0.3) is 0 Å². The lowest BCUT2D eigenvalue weighted by atomic mass is 10.1. The first kappa shape index (κ1) is 22.4. The van der Waals surface area contributed by atoms with Crippen molar-refractivity contribution in [2.45, 2.75) is 38.3 Å². The largest absolute Gasteiger partial charge is 0.334 e. The molecule has 1 atom stereocenters. The van der Waals surface area contributed by atoms with Crippen LogP contribution in [0.3, 0.4) is 0 Å². The molecule has 0 N–H and O–H groups in total. The van der Waals surface area contributed by atoms with Crippen molar-refractivity contribution in [1.82, 2.24) is 24.8 Å². The van der Waals surface area contributed by atoms with Crippen LogP contribution < -0.4 is 0 Å². The second-order valence-electron chi connectivity index (χ2n) is 8.34. The standard InChI is InChI=1S/C25H28ClN5O/c1-30(18-20-6-3-10-27-15-20)12-9-25(32)31-11-4-8-24(31)23-17-28-16-22(29-23)14-19-5-2-7-21(26)13-19/h2-3,5-7,10,13,15-17,24H,4,8-9,11-12,14,18H2,1H3/t24-/m0/s1. The van der Waals surface area contributed by atoms with Crippen molar-refractivity contribution in [3.8, 4) is 0 Å². The van der Waals surface area contributed by atoms with Gasteiger partial charge < -0.3 is 9.80 Å². The first-order chi connectivity index (χ1) is 15.6. The van der Waals surface area contributed by atoms with E-state index in [0.29, 0.717) is 24.4 Å². The number of hydrogen-bond donors (Lipinski definition) is 0. The summed E-state index contributed by atoms with van der Waals surface area (Å²) in [4.78, 5) is 30.6. The molecule has 166 valence electrons. The minimum absolute atomic E-state index is 0.00191. The zero-order chi connectivity index (χ0) is 22.3. The molecule has 7 heteroatoms. The highest BCUT2D eigenvalue weighted by atomic mass is 35.5. The van der Waals surface area contributed by atoms with E-state index < -0.39 is 0 Å². The maximum Gasteiger partial charge on any atom is 0.224 e. The number of nitrogens with zero attached hydrogens (tertiary/aromatic N) is 5. The summed E-state index contributed by atoms with van der Waals surface area (Å²) in [6.07, 6.45) is 10.3. The highest BCUT2D eigenvalue weighted by Gasteiger charge is 2.31. The minimum atomic E-state index is -0.00191. The third kappa shape index (κ3) is 5.90. The van der Waals surface area contributed by atoms with E-state index in [-0.39, 0.29) is 11.9 Å². The van der Waals surface area contributed by atoms with Gasteiger partial charge in [0.2, 0.25) is 5.91 Å². The van der Waals surface area contributed by atoms with Gasteiger partial charge in [-0.05, 0) is 49.2 Å². The zero-order valence-electron chi connectivity index (χ0n) is 18.3. The van der Waals surface area contributed by atoms with Crippen LogP contribution in [0, 0.1) is 0 Å². The summed E-state index contributed by atoms with van der Waals surface area (Å²) in [5.74, 6) is 0.174. The minimum Gasteiger partial charge on any atom is -0.334 e. The van der Waals surface area contributed by atoms with Crippen LogP contribution in [0.25, 0.3) is 0 Å². The molecule has 1 aromatic carbocycles. The summed E-state index contributed by atoms with van der Waals surface area (Å²) in [6.45, 7) is 2.26. The number of halogens is 1. The summed E-state index contributed by atoms with van der Waals surface area (Å²) in [7, 11) is 2.03. The second kappa shape index (κ2) is 10.7. The number of likely N-dealkylation sites (tertiary alicyclic amines) is 1. The van der Waals surface area contributed by atoms with Crippen LogP contribution >= 0.6 is 11.6 Å². The van der Waals surface area contributed by atoms with Crippen LogP contribution in [0.5, 0.6) is 0 Å². The molecule has 0 aliphatic carbocycles. The summed E-state index contributed by atoms with van der Waals surface area (Å²) in [6, 6.07) is 11.8. The number of aromatic nitrogens is 3. The van der Waals surface area contributed by atoms with E-state index in [0.717, 1.165) is 48.4 Å². The molecular formula is C25H28ClN5O. The lowest BCUT2D eigenvalue weighted by Gasteiger charge is -2.25. The molecule has 2 aromatic heterocycles. The number of benzene rings is 1. The number of hydrogen-bond acceptors (Lipinski definition) is 5. The van der Waals surface area contributed by atoms with Crippen molar-refractivity contribution in [3.05, 3.63) is 88.7 Å². The number of amides is 1. The van der Waals surface area contributed by atoms with Gasteiger partial charge in [-0.25, -0.2) is 0 Å². The number of carbonyl (C=O) groups excluding carboxylic acids is 1. The van der Waals surface area contributed by atoms with E-state index >= 15 is 0 Å². The molecule has 1 aliphatic heterocycles. The zero-order valence-corrected chi connectivity index (χ0v) is 19.1. The first-order valence-electron chi connectivity index (χ1n) is 11.0. The first-order valence-corrected chi connectivity index (χ1v) is 11.4. The van der Waals surface area contributed by atoms with E-state index in [4.69, 9.17) is 16.6 Å². The van der Waals surface area contributed by atoms with Gasteiger partial charge in [0.1, 0.15) is 0 Å². The fourth-order valence-corrected chi connectivity index (χ4v) is 4.42. The van der Waals surface area contributed by atoms with Crippen LogP contribution in [-0.4, -0.2) is 50.8 Å². The topological polar surface area (TPSA) is 62.2 Å². The highest BCUT2D eigenvalue weighted by Crippen LogP contribution is 2.31. The van der Waals surface area contributed by atoms with Crippen molar-refractivity contribution in [1.29, 1.82) is 0 Å². The average Bonchev–Trinajstić information content (AvgIpc) is 3.29. The third-order valence-corrected chi connectivity index (χ3v) is 6.01. The van der Waals surface area contributed by atoms with Gasteiger partial charge in [-0.2, -0.15) is 0 Å². The Labute approximate surface area is 194 Å². The molecule has 32 heavy (non-hydrogen) atoms. The van der Waals surface area contributed by atoms with E-state index in [1.807, 2.05) is 48.5 Å². The normalized spacial score (nSPS) is 16.0. The Kier molecular flexibility index (Phi) is 7.45. The molecule has 6 nitrogen and oxygen atoms in total. The van der Waals surface area contributed by atoms with Crippen molar-refractivity contribution in [2.75, 3.05) is 20.1 Å². The Balaban J connectivity index is 1.37. The highest BCUT2D eigenvalue weighted by molar-refractivity contribution is 6.30. The van der Waals surface area contributed by atoms with Crippen molar-refractivity contribution in [3.63, 3.8) is 0 Å². The molecule has 0 unspecified atom stereocenters. The van der Waals surface area contributed by atoms with Gasteiger partial charge in [0.15, 0.2) is 0 Å². The molecule has 1 amide bonds. The van der Waals surface area contributed by atoms with Gasteiger partial charge in [0.05, 0.1) is 23.6 Å². The van der Waals surface area contributed by atoms with E-state index in [1.165, 1.54) is 0 Å². The molecule has 3 heterocycles. The Hall–Kier alpha value is -2.83. The van der Waals surface area contributed by atoms with E-state index in [9.17, 15) is 4.79 Å². The number of carbonyl (C=O) groups is 1. The molecule has 3 aromatic rings. The SMILES string of the molecule is CN(CCC(=O)N1CCC[C@H]1c1cncc(Cc2cccc(Cl)c2)n1)Cc1cccnc1. The Morgan fingerprint density at radius 3 is 2.84 bits per heavy atom. The Bertz CT molecular complexity index is 1050. The quantitative estimate of drug-likeness (QED) is 0.513. The number of pyridine rings is 1. The lowest BCUT2D eigenvalue weighted by molar-refractivity contribution is -0.132. The monoisotopic (exact) mass is 449 g/mol. The van der Waals surface area contributed by atoms with Crippen LogP contribution in [0.4, 0.5) is 0 Å². The maximum atomic E-state index is 13.0. The predicted octanol–water partition coefficient (Wildman–Crippen LogP) is 4.30. The Morgan fingerprint density at radius 1 is 1.16 bits per heavy atom. The van der Waals surface area contributed by atoms with Crippen LogP contribution in [-0.2, 0) is 17.8 Å². The van der Waals surface area contributed by atoms with Crippen molar-refractivity contribution in [2.24, 2.45) is 0 Å². The molecule has 1 aliphatic rings. The Morgan fingerprint density at radius 2 is 2.03 bits per heavy atom. The van der Waals surface area contributed by atoms with Crippen LogP contribution in [0.15, 0.2) is 61.2 Å². The molecule has 1 fully saturated rings. The van der Waals surface area contributed by atoms with Crippen molar-refractivity contribution >= 4 is 17.5 Å². The average molecular weight is 450 g/mol. The molecule has 1 saturated heterocycles.